The highest BCUT2D eigenvalue weighted by atomic mass is 28.4. The van der Waals surface area contributed by atoms with E-state index in [1.165, 1.54) is 10.4 Å². The molecular formula is C29H38O3Si. The summed E-state index contributed by atoms with van der Waals surface area (Å²) in [6.45, 7) is 10.2. The molecule has 3 rings (SSSR count). The third kappa shape index (κ3) is 6.21. The lowest BCUT2D eigenvalue weighted by atomic mass is 10.0. The second kappa shape index (κ2) is 11.8. The smallest absolute Gasteiger partial charge is 0.261 e. The molecule has 2 atom stereocenters. The van der Waals surface area contributed by atoms with E-state index in [4.69, 9.17) is 9.16 Å². The minimum absolute atomic E-state index is 0.00224. The first-order valence-electron chi connectivity index (χ1n) is 11.9. The Morgan fingerprint density at radius 2 is 1.24 bits per heavy atom. The van der Waals surface area contributed by atoms with Crippen LogP contribution in [-0.2, 0) is 15.8 Å². The van der Waals surface area contributed by atoms with Crippen LogP contribution >= 0.6 is 0 Å². The summed E-state index contributed by atoms with van der Waals surface area (Å²) in [6.07, 6.45) is 0.255. The van der Waals surface area contributed by atoms with E-state index in [-0.39, 0.29) is 11.0 Å². The Morgan fingerprint density at radius 1 is 0.758 bits per heavy atom. The molecule has 0 fully saturated rings. The normalized spacial score (nSPS) is 14.1. The average Bonchev–Trinajstić information content (AvgIpc) is 2.83. The molecule has 3 nitrogen and oxygen atoms in total. The Morgan fingerprint density at radius 3 is 1.70 bits per heavy atom. The van der Waals surface area contributed by atoms with E-state index in [0.29, 0.717) is 19.8 Å². The third-order valence-corrected chi connectivity index (χ3v) is 11.4. The van der Waals surface area contributed by atoms with E-state index >= 15 is 0 Å². The predicted octanol–water partition coefficient (Wildman–Crippen LogP) is 5.17. The van der Waals surface area contributed by atoms with E-state index in [1.807, 2.05) is 30.3 Å². The van der Waals surface area contributed by atoms with Crippen molar-refractivity contribution in [1.29, 1.82) is 0 Å². The van der Waals surface area contributed by atoms with Gasteiger partial charge in [-0.25, -0.2) is 0 Å². The molecule has 0 saturated heterocycles. The first kappa shape index (κ1) is 25.4. The molecule has 0 aliphatic heterocycles. The van der Waals surface area contributed by atoms with Gasteiger partial charge in [-0.3, -0.25) is 0 Å². The number of hydrogen-bond acceptors (Lipinski definition) is 3. The third-order valence-electron chi connectivity index (χ3n) is 6.40. The molecule has 0 bridgehead atoms. The Hall–Kier alpha value is -2.24. The zero-order valence-corrected chi connectivity index (χ0v) is 21.4. The fourth-order valence-corrected chi connectivity index (χ4v) is 9.12. The summed E-state index contributed by atoms with van der Waals surface area (Å²) in [4.78, 5) is 0. The number of rotatable bonds is 11. The van der Waals surface area contributed by atoms with Crippen LogP contribution in [0.3, 0.4) is 0 Å². The van der Waals surface area contributed by atoms with Crippen molar-refractivity contribution in [3.8, 4) is 0 Å². The van der Waals surface area contributed by atoms with Gasteiger partial charge in [0.05, 0.1) is 19.3 Å². The zero-order valence-electron chi connectivity index (χ0n) is 20.4. The summed E-state index contributed by atoms with van der Waals surface area (Å²) in [7, 11) is -2.61. The average molecular weight is 463 g/mol. The number of aliphatic hydroxyl groups is 1. The molecule has 3 aromatic rings. The zero-order chi connectivity index (χ0) is 23.7. The van der Waals surface area contributed by atoms with Crippen LogP contribution in [0.15, 0.2) is 91.0 Å². The lowest BCUT2D eigenvalue weighted by Crippen LogP contribution is -2.67. The van der Waals surface area contributed by atoms with Gasteiger partial charge in [0, 0.05) is 12.5 Å². The standard InChI is InChI=1S/C29H38O3Si/c1-5-25(28(30)23-31-21-24-15-9-6-10-16-24)22-32-33(29(2,3)4,26-17-11-7-12-18-26)27-19-13-8-14-20-27/h6-20,25,28,30H,5,21-23H2,1-4H3/t25-,28-/m1/s1. The van der Waals surface area contributed by atoms with E-state index in [1.54, 1.807) is 0 Å². The van der Waals surface area contributed by atoms with Gasteiger partial charge in [-0.05, 0) is 27.4 Å². The molecule has 0 unspecified atom stereocenters. The van der Waals surface area contributed by atoms with Crippen LogP contribution in [0.5, 0.6) is 0 Å². The molecule has 0 amide bonds. The fraction of sp³-hybridized carbons (Fsp3) is 0.379. The molecule has 1 N–H and O–H groups in total. The number of ether oxygens (including phenoxy) is 1. The van der Waals surface area contributed by atoms with Crippen molar-refractivity contribution in [2.24, 2.45) is 5.92 Å². The van der Waals surface area contributed by atoms with E-state index in [2.05, 4.69) is 88.4 Å². The minimum Gasteiger partial charge on any atom is -0.407 e. The number of benzene rings is 3. The van der Waals surface area contributed by atoms with Crippen molar-refractivity contribution < 1.29 is 14.3 Å². The summed E-state index contributed by atoms with van der Waals surface area (Å²) >= 11 is 0. The molecule has 176 valence electrons. The highest BCUT2D eigenvalue weighted by molar-refractivity contribution is 6.99. The molecule has 3 aromatic carbocycles. The maximum absolute atomic E-state index is 10.9. The van der Waals surface area contributed by atoms with Crippen molar-refractivity contribution in [3.63, 3.8) is 0 Å². The summed E-state index contributed by atoms with van der Waals surface area (Å²) in [5.41, 5.74) is 1.11. The Bertz CT molecular complexity index is 899. The van der Waals surface area contributed by atoms with Gasteiger partial charge in [0.15, 0.2) is 0 Å². The molecule has 0 spiro atoms. The Balaban J connectivity index is 1.79. The van der Waals surface area contributed by atoms with Gasteiger partial charge in [-0.15, -0.1) is 0 Å². The largest absolute Gasteiger partial charge is 0.407 e. The minimum atomic E-state index is -2.61. The van der Waals surface area contributed by atoms with Crippen LogP contribution in [0.1, 0.15) is 39.7 Å². The van der Waals surface area contributed by atoms with Gasteiger partial charge < -0.3 is 14.3 Å². The SMILES string of the molecule is CC[C@H](CO[Si](c1ccccc1)(c1ccccc1)C(C)(C)C)[C@H](O)COCc1ccccc1. The first-order valence-corrected chi connectivity index (χ1v) is 13.8. The molecular weight excluding hydrogens is 424 g/mol. The fourth-order valence-electron chi connectivity index (χ4n) is 4.50. The van der Waals surface area contributed by atoms with Gasteiger partial charge in [0.2, 0.25) is 0 Å². The molecule has 0 saturated carbocycles. The molecule has 0 aliphatic carbocycles. The summed E-state index contributed by atoms with van der Waals surface area (Å²) < 4.78 is 12.9. The Labute approximate surface area is 200 Å². The summed E-state index contributed by atoms with van der Waals surface area (Å²) in [5.74, 6) is 0.00224. The first-order chi connectivity index (χ1) is 15.9. The lowest BCUT2D eigenvalue weighted by molar-refractivity contribution is -0.0152. The van der Waals surface area contributed by atoms with Crippen LogP contribution in [0, 0.1) is 5.92 Å². The summed E-state index contributed by atoms with van der Waals surface area (Å²) in [5, 5.41) is 13.4. The molecule has 33 heavy (non-hydrogen) atoms. The van der Waals surface area contributed by atoms with Gasteiger partial charge in [0.25, 0.3) is 8.32 Å². The van der Waals surface area contributed by atoms with E-state index < -0.39 is 14.4 Å². The monoisotopic (exact) mass is 462 g/mol. The van der Waals surface area contributed by atoms with Crippen LogP contribution < -0.4 is 10.4 Å². The molecule has 0 aromatic heterocycles. The van der Waals surface area contributed by atoms with Crippen molar-refractivity contribution in [2.75, 3.05) is 13.2 Å². The Kier molecular flexibility index (Phi) is 9.04. The van der Waals surface area contributed by atoms with E-state index in [0.717, 1.165) is 12.0 Å². The van der Waals surface area contributed by atoms with Crippen LogP contribution in [-0.4, -0.2) is 32.7 Å². The number of aliphatic hydroxyl groups excluding tert-OH is 1. The second-order valence-electron chi connectivity index (χ2n) is 9.71. The molecule has 0 aliphatic rings. The molecule has 4 heteroatoms. The lowest BCUT2D eigenvalue weighted by Gasteiger charge is -2.44. The quantitative estimate of drug-likeness (QED) is 0.400. The van der Waals surface area contributed by atoms with Crippen molar-refractivity contribution >= 4 is 18.7 Å². The predicted molar refractivity (Wildman–Crippen MR) is 139 cm³/mol. The maximum Gasteiger partial charge on any atom is 0.261 e. The van der Waals surface area contributed by atoms with Gasteiger partial charge in [0.1, 0.15) is 0 Å². The second-order valence-corrected chi connectivity index (χ2v) is 14.0. The highest BCUT2D eigenvalue weighted by Gasteiger charge is 2.50. The number of hydrogen-bond donors (Lipinski definition) is 1. The highest BCUT2D eigenvalue weighted by Crippen LogP contribution is 2.37. The molecule has 0 heterocycles. The van der Waals surface area contributed by atoms with Gasteiger partial charge >= 0.3 is 0 Å². The van der Waals surface area contributed by atoms with Gasteiger partial charge in [-0.1, -0.05) is 119 Å². The topological polar surface area (TPSA) is 38.7 Å². The van der Waals surface area contributed by atoms with Gasteiger partial charge in [-0.2, -0.15) is 0 Å². The van der Waals surface area contributed by atoms with Crippen molar-refractivity contribution in [3.05, 3.63) is 96.6 Å². The van der Waals surface area contributed by atoms with Crippen LogP contribution in [0.4, 0.5) is 0 Å². The van der Waals surface area contributed by atoms with E-state index in [9.17, 15) is 5.11 Å². The maximum atomic E-state index is 10.9. The molecule has 0 radical (unpaired) electrons. The van der Waals surface area contributed by atoms with Crippen LogP contribution in [0.25, 0.3) is 0 Å². The van der Waals surface area contributed by atoms with Crippen molar-refractivity contribution in [2.45, 2.75) is 51.9 Å². The van der Waals surface area contributed by atoms with Crippen LogP contribution in [0.2, 0.25) is 5.04 Å². The van der Waals surface area contributed by atoms with Crippen molar-refractivity contribution in [1.82, 2.24) is 0 Å². The summed E-state index contributed by atoms with van der Waals surface area (Å²) in [6, 6.07) is 31.4.